The van der Waals surface area contributed by atoms with Gasteiger partial charge in [-0.3, -0.25) is 14.4 Å². The molecule has 0 radical (unpaired) electrons. The fraction of sp³-hybridized carbons (Fsp3) is 0.343. The number of benzene rings is 2. The minimum Gasteiger partial charge on any atom is -0.493 e. The van der Waals surface area contributed by atoms with Crippen molar-refractivity contribution in [2.24, 2.45) is 0 Å². The molecule has 48 heavy (non-hydrogen) atoms. The first-order valence-electron chi connectivity index (χ1n) is 15.5. The summed E-state index contributed by atoms with van der Waals surface area (Å²) in [7, 11) is 4.66. The maximum Gasteiger partial charge on any atom is 0.246 e. The Morgan fingerprint density at radius 1 is 1.04 bits per heavy atom. The third-order valence-corrected chi connectivity index (χ3v) is 8.85. The van der Waals surface area contributed by atoms with Gasteiger partial charge in [0.15, 0.2) is 11.5 Å². The Kier molecular flexibility index (Phi) is 11.2. The van der Waals surface area contributed by atoms with Crippen molar-refractivity contribution in [1.29, 1.82) is 0 Å². The van der Waals surface area contributed by atoms with Crippen LogP contribution in [0.25, 0.3) is 11.1 Å². The van der Waals surface area contributed by atoms with Crippen LogP contribution in [0.1, 0.15) is 42.5 Å². The molecule has 2 atom stereocenters. The van der Waals surface area contributed by atoms with E-state index in [1.54, 1.807) is 56.2 Å². The smallest absolute Gasteiger partial charge is 0.246 e. The van der Waals surface area contributed by atoms with E-state index in [1.165, 1.54) is 13.3 Å². The van der Waals surface area contributed by atoms with Gasteiger partial charge in [-0.15, -0.1) is 0 Å². The number of fused-ring (bicyclic) bond motifs is 3. The molecule has 1 aliphatic carbocycles. The van der Waals surface area contributed by atoms with E-state index in [0.29, 0.717) is 65.6 Å². The summed E-state index contributed by atoms with van der Waals surface area (Å²) in [5.41, 5.74) is 4.62. The van der Waals surface area contributed by atoms with Gasteiger partial charge in [-0.1, -0.05) is 18.2 Å². The highest BCUT2D eigenvalue weighted by atomic mass is 32.2. The van der Waals surface area contributed by atoms with E-state index in [1.807, 2.05) is 42.7 Å². The van der Waals surface area contributed by atoms with E-state index in [2.05, 4.69) is 26.0 Å². The molecule has 0 saturated heterocycles. The van der Waals surface area contributed by atoms with Crippen LogP contribution in [-0.4, -0.2) is 66.0 Å². The highest BCUT2D eigenvalue weighted by Gasteiger charge is 2.30. The summed E-state index contributed by atoms with van der Waals surface area (Å²) >= 11 is 1.61. The number of carbonyl (C=O) groups excluding carboxylic acids is 2. The molecule has 13 heteroatoms. The van der Waals surface area contributed by atoms with Crippen LogP contribution in [-0.2, 0) is 22.6 Å². The molecule has 3 N–H and O–H groups in total. The van der Waals surface area contributed by atoms with Crippen molar-refractivity contribution in [2.45, 2.75) is 44.8 Å². The van der Waals surface area contributed by atoms with Crippen molar-refractivity contribution in [1.82, 2.24) is 20.1 Å². The molecule has 1 aromatic heterocycles. The quantitative estimate of drug-likeness (QED) is 0.183. The van der Waals surface area contributed by atoms with Gasteiger partial charge in [0.1, 0.15) is 18.7 Å². The van der Waals surface area contributed by atoms with Crippen molar-refractivity contribution in [3.63, 3.8) is 0 Å². The van der Waals surface area contributed by atoms with Crippen LogP contribution in [0.2, 0.25) is 0 Å². The van der Waals surface area contributed by atoms with Crippen LogP contribution in [0.15, 0.2) is 66.0 Å². The number of amides is 2. The molecule has 4 aromatic rings. The zero-order chi connectivity index (χ0) is 34.2. The first kappa shape index (κ1) is 34.3. The van der Waals surface area contributed by atoms with Crippen molar-refractivity contribution in [3.8, 4) is 28.4 Å². The lowest BCUT2D eigenvalue weighted by Gasteiger charge is -2.19. The maximum atomic E-state index is 13.9. The van der Waals surface area contributed by atoms with Crippen molar-refractivity contribution in [2.75, 3.05) is 44.0 Å². The molecule has 3 aromatic carbocycles. The number of methoxy groups -OCH3 is 3. The van der Waals surface area contributed by atoms with Gasteiger partial charge in [-0.05, 0) is 83.9 Å². The van der Waals surface area contributed by atoms with E-state index >= 15 is 0 Å². The molecule has 1 heterocycles. The molecule has 2 amide bonds. The van der Waals surface area contributed by atoms with E-state index in [0.717, 1.165) is 16.7 Å². The van der Waals surface area contributed by atoms with Gasteiger partial charge in [0.25, 0.3) is 0 Å². The molecule has 0 fully saturated rings. The third kappa shape index (κ3) is 7.73. The fourth-order valence-corrected chi connectivity index (χ4v) is 6.41. The molecule has 0 unspecified atom stereocenters. The molecule has 252 valence electrons. The predicted molar refractivity (Wildman–Crippen MR) is 187 cm³/mol. The number of hydrogen-bond acceptors (Lipinski definition) is 10. The topological polar surface area (TPSA) is 146 Å². The normalized spacial score (nSPS) is 14.1. The number of nitrogens with zero attached hydrogens (tertiary/aromatic N) is 3. The number of aryl methyl sites for hydroxylation is 1. The minimum atomic E-state index is -0.695. The largest absolute Gasteiger partial charge is 0.493 e. The Hall–Kier alpha value is -5.04. The standard InChI is InChI=1S/C35H40N6O6S/c1-21(42)38-27-12-8-23-16-31(45-2)33(46-3)34(47-4)32(23)25-11-13-28(30(43)17-26(25)27)40-29(14-15-48-5)35(44)39-24-9-6-22(7-10-24)18-41-20-36-19-37-41/h6-7,9-11,13,16-17,19-20,27,29H,8,12,14-15,18H2,1-5H3,(H,38,42)(H,39,44)(H,40,43)/t27-,29-/m1/s1. The summed E-state index contributed by atoms with van der Waals surface area (Å²) < 4.78 is 18.9. The second-order valence-electron chi connectivity index (χ2n) is 11.4. The van der Waals surface area contributed by atoms with Crippen molar-refractivity contribution in [3.05, 3.63) is 88.1 Å². The van der Waals surface area contributed by atoms with Gasteiger partial charge >= 0.3 is 0 Å². The number of hydrogen-bond donors (Lipinski definition) is 3. The molecule has 0 bridgehead atoms. The van der Waals surface area contributed by atoms with Crippen molar-refractivity contribution >= 4 is 35.0 Å². The lowest BCUT2D eigenvalue weighted by molar-refractivity contribution is -0.120. The van der Waals surface area contributed by atoms with Gasteiger partial charge < -0.3 is 30.2 Å². The minimum absolute atomic E-state index is 0.212. The number of carbonyl (C=O) groups is 2. The van der Waals surface area contributed by atoms with Gasteiger partial charge in [0, 0.05) is 18.2 Å². The maximum absolute atomic E-state index is 13.9. The SMILES string of the molecule is COc1cc2c(c(OC)c1OC)-c1ccc(N[C@H](CCSC)C(=O)Nc3ccc(Cn4cncn4)cc3)c(=O)cc1[C@H](NC(C)=O)CC2. The average Bonchev–Trinajstić information content (AvgIpc) is 3.49. The van der Waals surface area contributed by atoms with Gasteiger partial charge in [-0.25, -0.2) is 9.67 Å². The Labute approximate surface area is 283 Å². The lowest BCUT2D eigenvalue weighted by atomic mass is 9.95. The second-order valence-corrected chi connectivity index (χ2v) is 12.3. The van der Waals surface area contributed by atoms with Crippen LogP contribution >= 0.6 is 11.8 Å². The molecular formula is C35H40N6O6S. The molecule has 0 spiro atoms. The molecule has 0 aliphatic heterocycles. The first-order valence-corrected chi connectivity index (χ1v) is 16.9. The van der Waals surface area contributed by atoms with Crippen LogP contribution in [0.5, 0.6) is 17.2 Å². The number of aromatic nitrogens is 3. The number of rotatable bonds is 13. The fourth-order valence-electron chi connectivity index (χ4n) is 5.94. The van der Waals surface area contributed by atoms with E-state index < -0.39 is 12.1 Å². The average molecular weight is 673 g/mol. The summed E-state index contributed by atoms with van der Waals surface area (Å²) in [5.74, 6) is 1.64. The molecule has 5 rings (SSSR count). The van der Waals surface area contributed by atoms with Crippen molar-refractivity contribution < 1.29 is 23.8 Å². The Balaban J connectivity index is 1.50. The van der Waals surface area contributed by atoms with E-state index in [4.69, 9.17) is 14.2 Å². The number of thioether (sulfide) groups is 1. The van der Waals surface area contributed by atoms with Gasteiger partial charge in [0.05, 0.1) is 39.6 Å². The monoisotopic (exact) mass is 672 g/mol. The highest BCUT2D eigenvalue weighted by molar-refractivity contribution is 7.98. The molecule has 1 aliphatic rings. The van der Waals surface area contributed by atoms with Crippen LogP contribution in [0.3, 0.4) is 0 Å². The predicted octanol–water partition coefficient (Wildman–Crippen LogP) is 4.68. The first-order chi connectivity index (χ1) is 23.3. The summed E-state index contributed by atoms with van der Waals surface area (Å²) in [4.78, 5) is 43.8. The Morgan fingerprint density at radius 2 is 1.81 bits per heavy atom. The zero-order valence-corrected chi connectivity index (χ0v) is 28.5. The van der Waals surface area contributed by atoms with Crippen LogP contribution in [0, 0.1) is 0 Å². The summed E-state index contributed by atoms with van der Waals surface area (Å²) in [5, 5.41) is 13.4. The Bertz CT molecular complexity index is 1820. The number of ether oxygens (including phenoxy) is 3. The second kappa shape index (κ2) is 15.7. The van der Waals surface area contributed by atoms with E-state index in [9.17, 15) is 14.4 Å². The summed E-state index contributed by atoms with van der Waals surface area (Å²) in [6.07, 6.45) is 6.72. The summed E-state index contributed by atoms with van der Waals surface area (Å²) in [6, 6.07) is 13.4. The number of anilines is 2. The third-order valence-electron chi connectivity index (χ3n) is 8.21. The Morgan fingerprint density at radius 3 is 2.46 bits per heavy atom. The van der Waals surface area contributed by atoms with Gasteiger partial charge in [0.2, 0.25) is 23.0 Å². The van der Waals surface area contributed by atoms with Crippen LogP contribution in [0.4, 0.5) is 11.4 Å². The van der Waals surface area contributed by atoms with E-state index in [-0.39, 0.29) is 22.9 Å². The molecule has 0 saturated carbocycles. The molecular weight excluding hydrogens is 632 g/mol. The number of nitrogens with one attached hydrogen (secondary N) is 3. The van der Waals surface area contributed by atoms with Crippen LogP contribution < -0.4 is 35.6 Å². The summed E-state index contributed by atoms with van der Waals surface area (Å²) in [6.45, 7) is 2.02. The van der Waals surface area contributed by atoms with Gasteiger partial charge in [-0.2, -0.15) is 16.9 Å². The highest BCUT2D eigenvalue weighted by Crippen LogP contribution is 2.50. The zero-order valence-electron chi connectivity index (χ0n) is 27.7. The lowest BCUT2D eigenvalue weighted by Crippen LogP contribution is -2.36. The molecule has 12 nitrogen and oxygen atoms in total.